The molecule has 32 heavy (non-hydrogen) atoms. The minimum absolute atomic E-state index is 0.161. The first-order chi connectivity index (χ1) is 15.7. The Balaban J connectivity index is 1.24. The van der Waals surface area contributed by atoms with Crippen molar-refractivity contribution >= 4 is 16.7 Å². The molecule has 0 aromatic carbocycles. The normalized spacial score (nSPS) is 25.7. The van der Waals surface area contributed by atoms with Crippen LogP contribution in [0.2, 0.25) is 0 Å². The van der Waals surface area contributed by atoms with Crippen LogP contribution in [-0.2, 0) is 4.74 Å². The first-order valence-electron chi connectivity index (χ1n) is 11.5. The molecule has 3 fully saturated rings. The zero-order valence-electron chi connectivity index (χ0n) is 18.1. The Morgan fingerprint density at radius 2 is 1.72 bits per heavy atom. The third kappa shape index (κ3) is 3.52. The number of piperidine rings is 1. The van der Waals surface area contributed by atoms with Gasteiger partial charge in [0, 0.05) is 49.2 Å². The van der Waals surface area contributed by atoms with Crippen molar-refractivity contribution in [1.82, 2.24) is 24.8 Å². The Morgan fingerprint density at radius 1 is 0.938 bits per heavy atom. The molecule has 0 bridgehead atoms. The molecule has 3 aromatic rings. The van der Waals surface area contributed by atoms with Crippen LogP contribution in [0, 0.1) is 5.41 Å². The minimum atomic E-state index is -0.349. The number of aliphatic hydroxyl groups excluding tert-OH is 1. The van der Waals surface area contributed by atoms with E-state index in [4.69, 9.17) is 14.7 Å². The van der Waals surface area contributed by atoms with E-state index in [1.165, 1.54) is 6.42 Å². The van der Waals surface area contributed by atoms with E-state index in [0.29, 0.717) is 24.5 Å². The molecule has 1 spiro atoms. The van der Waals surface area contributed by atoms with Gasteiger partial charge in [0.15, 0.2) is 5.82 Å². The molecule has 0 radical (unpaired) electrons. The van der Waals surface area contributed by atoms with Gasteiger partial charge in [0.2, 0.25) is 0 Å². The number of fused-ring (bicyclic) bond motifs is 1. The summed E-state index contributed by atoms with van der Waals surface area (Å²) >= 11 is 0. The first-order valence-corrected chi connectivity index (χ1v) is 11.5. The van der Waals surface area contributed by atoms with Crippen LogP contribution in [0.5, 0.6) is 0 Å². The molecule has 2 atom stereocenters. The third-order valence-electron chi connectivity index (χ3n) is 7.50. The molecule has 0 unspecified atom stereocenters. The van der Waals surface area contributed by atoms with Gasteiger partial charge in [-0.25, -0.2) is 9.97 Å². The van der Waals surface area contributed by atoms with Crippen molar-refractivity contribution in [3.05, 3.63) is 43.0 Å². The summed E-state index contributed by atoms with van der Waals surface area (Å²) in [6.07, 6.45) is 10.3. The summed E-state index contributed by atoms with van der Waals surface area (Å²) < 4.78 is 5.50. The van der Waals surface area contributed by atoms with Crippen LogP contribution >= 0.6 is 0 Å². The van der Waals surface area contributed by atoms with Crippen LogP contribution in [0.3, 0.4) is 0 Å². The van der Waals surface area contributed by atoms with Crippen molar-refractivity contribution in [2.45, 2.75) is 31.4 Å². The SMILES string of the molecule is O[C@@H]1COC[C@H]1N1CCC2(CCN(c3nc(-c4ccncc4)nc4cnccc34)CC2)C1. The van der Waals surface area contributed by atoms with Gasteiger partial charge in [-0.15, -0.1) is 0 Å². The van der Waals surface area contributed by atoms with E-state index >= 15 is 0 Å². The van der Waals surface area contributed by atoms with E-state index in [1.54, 1.807) is 12.4 Å². The molecular formula is C24H28N6O2. The number of hydrogen-bond donors (Lipinski definition) is 1. The Bertz CT molecular complexity index is 1100. The second-order valence-electron chi connectivity index (χ2n) is 9.38. The van der Waals surface area contributed by atoms with E-state index in [-0.39, 0.29) is 12.1 Å². The van der Waals surface area contributed by atoms with Gasteiger partial charge in [-0.3, -0.25) is 14.9 Å². The summed E-state index contributed by atoms with van der Waals surface area (Å²) in [5.41, 5.74) is 2.16. The summed E-state index contributed by atoms with van der Waals surface area (Å²) in [5, 5.41) is 11.3. The van der Waals surface area contributed by atoms with Crippen molar-refractivity contribution in [2.75, 3.05) is 44.3 Å². The maximum atomic E-state index is 10.2. The lowest BCUT2D eigenvalue weighted by molar-refractivity contribution is 0.0849. The van der Waals surface area contributed by atoms with Gasteiger partial charge in [-0.2, -0.15) is 0 Å². The first kappa shape index (κ1) is 20.0. The molecule has 3 aliphatic rings. The Kier molecular flexibility index (Phi) is 5.01. The zero-order valence-corrected chi connectivity index (χ0v) is 18.1. The van der Waals surface area contributed by atoms with Crippen LogP contribution < -0.4 is 4.90 Å². The summed E-state index contributed by atoms with van der Waals surface area (Å²) in [7, 11) is 0. The fourth-order valence-electron chi connectivity index (χ4n) is 5.57. The van der Waals surface area contributed by atoms with E-state index in [9.17, 15) is 5.11 Å². The van der Waals surface area contributed by atoms with E-state index in [2.05, 4.69) is 19.8 Å². The van der Waals surface area contributed by atoms with Gasteiger partial charge in [0.25, 0.3) is 0 Å². The number of pyridine rings is 2. The topological polar surface area (TPSA) is 87.5 Å². The van der Waals surface area contributed by atoms with Crippen LogP contribution in [0.4, 0.5) is 5.82 Å². The molecule has 3 saturated heterocycles. The molecule has 6 rings (SSSR count). The molecular weight excluding hydrogens is 404 g/mol. The number of anilines is 1. The van der Waals surface area contributed by atoms with Gasteiger partial charge in [-0.1, -0.05) is 0 Å². The molecule has 3 aliphatic heterocycles. The number of hydrogen-bond acceptors (Lipinski definition) is 8. The average Bonchev–Trinajstić information content (AvgIpc) is 3.45. The number of nitrogens with zero attached hydrogens (tertiary/aromatic N) is 6. The fourth-order valence-corrected chi connectivity index (χ4v) is 5.57. The quantitative estimate of drug-likeness (QED) is 0.674. The number of likely N-dealkylation sites (tertiary alicyclic amines) is 1. The Morgan fingerprint density at radius 3 is 2.50 bits per heavy atom. The van der Waals surface area contributed by atoms with Gasteiger partial charge in [0.1, 0.15) is 5.82 Å². The van der Waals surface area contributed by atoms with Crippen LogP contribution in [-0.4, -0.2) is 81.5 Å². The summed E-state index contributed by atoms with van der Waals surface area (Å²) in [6.45, 7) is 5.19. The predicted octanol–water partition coefficient (Wildman–Crippen LogP) is 2.14. The largest absolute Gasteiger partial charge is 0.389 e. The lowest BCUT2D eigenvalue weighted by Crippen LogP contribution is -2.45. The number of ether oxygens (including phenoxy) is 1. The Hall–Kier alpha value is -2.68. The molecule has 6 heterocycles. The molecule has 0 aliphatic carbocycles. The van der Waals surface area contributed by atoms with Crippen LogP contribution in [0.15, 0.2) is 43.0 Å². The lowest BCUT2D eigenvalue weighted by Gasteiger charge is -2.40. The molecule has 8 heteroatoms. The van der Waals surface area contributed by atoms with E-state index < -0.39 is 0 Å². The zero-order chi connectivity index (χ0) is 21.5. The minimum Gasteiger partial charge on any atom is -0.389 e. The maximum Gasteiger partial charge on any atom is 0.162 e. The summed E-state index contributed by atoms with van der Waals surface area (Å²) in [5.74, 6) is 1.71. The second kappa shape index (κ2) is 8.03. The fraction of sp³-hybridized carbons (Fsp3) is 0.500. The molecule has 0 saturated carbocycles. The highest BCUT2D eigenvalue weighted by atomic mass is 16.5. The number of aromatic nitrogens is 4. The van der Waals surface area contributed by atoms with Crippen molar-refractivity contribution in [1.29, 1.82) is 0 Å². The molecule has 166 valence electrons. The second-order valence-corrected chi connectivity index (χ2v) is 9.38. The monoisotopic (exact) mass is 432 g/mol. The highest BCUT2D eigenvalue weighted by molar-refractivity contribution is 5.90. The molecule has 3 aromatic heterocycles. The van der Waals surface area contributed by atoms with Crippen molar-refractivity contribution in [2.24, 2.45) is 5.41 Å². The van der Waals surface area contributed by atoms with E-state index in [0.717, 1.165) is 61.3 Å². The molecule has 8 nitrogen and oxygen atoms in total. The van der Waals surface area contributed by atoms with Gasteiger partial charge < -0.3 is 14.7 Å². The highest BCUT2D eigenvalue weighted by Gasteiger charge is 2.45. The van der Waals surface area contributed by atoms with E-state index in [1.807, 2.05) is 30.6 Å². The predicted molar refractivity (Wildman–Crippen MR) is 121 cm³/mol. The van der Waals surface area contributed by atoms with Crippen molar-refractivity contribution in [3.8, 4) is 11.4 Å². The molecule has 1 N–H and O–H groups in total. The summed E-state index contributed by atoms with van der Waals surface area (Å²) in [6, 6.07) is 6.07. The van der Waals surface area contributed by atoms with Crippen molar-refractivity contribution < 1.29 is 9.84 Å². The smallest absolute Gasteiger partial charge is 0.162 e. The Labute approximate surface area is 187 Å². The van der Waals surface area contributed by atoms with Crippen molar-refractivity contribution in [3.63, 3.8) is 0 Å². The lowest BCUT2D eigenvalue weighted by atomic mass is 9.77. The van der Waals surface area contributed by atoms with Gasteiger partial charge >= 0.3 is 0 Å². The third-order valence-corrected chi connectivity index (χ3v) is 7.50. The highest BCUT2D eigenvalue weighted by Crippen LogP contribution is 2.43. The van der Waals surface area contributed by atoms with Gasteiger partial charge in [-0.05, 0) is 49.4 Å². The van der Waals surface area contributed by atoms with Crippen LogP contribution in [0.1, 0.15) is 19.3 Å². The average molecular weight is 433 g/mol. The van der Waals surface area contributed by atoms with Crippen LogP contribution in [0.25, 0.3) is 22.3 Å². The number of rotatable bonds is 3. The standard InChI is InChI=1S/C24H28N6O2/c31-21-15-32-14-20(21)30-12-6-24(16-30)4-10-29(11-5-24)23-18-3-9-26-13-19(18)27-22(28-23)17-1-7-25-8-2-17/h1-3,7-9,13,20-21,31H,4-6,10-12,14-16H2/t20-,21-/m1/s1. The molecule has 0 amide bonds. The van der Waals surface area contributed by atoms with Gasteiger partial charge in [0.05, 0.1) is 37.1 Å². The number of aliphatic hydroxyl groups is 1. The summed E-state index contributed by atoms with van der Waals surface area (Å²) in [4.78, 5) is 23.0. The maximum absolute atomic E-state index is 10.2.